The van der Waals surface area contributed by atoms with Crippen LogP contribution in [0, 0.1) is 11.8 Å². The Hall–Kier alpha value is -0.0800. The van der Waals surface area contributed by atoms with E-state index in [-0.39, 0.29) is 0 Å². The van der Waals surface area contributed by atoms with Gasteiger partial charge in [0.15, 0.2) is 0 Å². The predicted octanol–water partition coefficient (Wildman–Crippen LogP) is 2.89. The molecule has 0 amide bonds. The molecule has 1 N–H and O–H groups in total. The Morgan fingerprint density at radius 2 is 1.88 bits per heavy atom. The standard InChI is InChI=1S/C15H30N2/c1-3-15(14-7-8-14)16-11-13(2)12-17-9-5-4-6-10-17/h13-16H,3-12H2,1-2H3. The van der Waals surface area contributed by atoms with E-state index in [0.29, 0.717) is 0 Å². The highest BCUT2D eigenvalue weighted by atomic mass is 15.1. The van der Waals surface area contributed by atoms with Gasteiger partial charge in [0.2, 0.25) is 0 Å². The van der Waals surface area contributed by atoms with Crippen molar-refractivity contribution in [1.29, 1.82) is 0 Å². The van der Waals surface area contributed by atoms with Gasteiger partial charge in [0, 0.05) is 12.6 Å². The number of rotatable bonds is 7. The van der Waals surface area contributed by atoms with Gasteiger partial charge in [-0.3, -0.25) is 0 Å². The Morgan fingerprint density at radius 1 is 1.18 bits per heavy atom. The molecule has 2 nitrogen and oxygen atoms in total. The normalized spacial score (nSPS) is 25.8. The summed E-state index contributed by atoms with van der Waals surface area (Å²) < 4.78 is 0. The highest BCUT2D eigenvalue weighted by Gasteiger charge is 2.29. The molecule has 1 saturated heterocycles. The topological polar surface area (TPSA) is 15.3 Å². The highest BCUT2D eigenvalue weighted by Crippen LogP contribution is 2.33. The zero-order valence-electron chi connectivity index (χ0n) is 11.8. The van der Waals surface area contributed by atoms with Gasteiger partial charge in [-0.2, -0.15) is 0 Å². The van der Waals surface area contributed by atoms with Crippen LogP contribution in [0.3, 0.4) is 0 Å². The van der Waals surface area contributed by atoms with E-state index in [1.54, 1.807) is 0 Å². The minimum Gasteiger partial charge on any atom is -0.313 e. The van der Waals surface area contributed by atoms with Crippen molar-refractivity contribution in [2.45, 2.75) is 58.4 Å². The third-order valence-electron chi connectivity index (χ3n) is 4.38. The molecule has 0 radical (unpaired) electrons. The molecule has 0 bridgehead atoms. The van der Waals surface area contributed by atoms with Crippen molar-refractivity contribution in [3.05, 3.63) is 0 Å². The summed E-state index contributed by atoms with van der Waals surface area (Å²) >= 11 is 0. The zero-order valence-corrected chi connectivity index (χ0v) is 11.8. The zero-order chi connectivity index (χ0) is 12.1. The number of likely N-dealkylation sites (tertiary alicyclic amines) is 1. The van der Waals surface area contributed by atoms with E-state index in [4.69, 9.17) is 0 Å². The van der Waals surface area contributed by atoms with Gasteiger partial charge in [-0.1, -0.05) is 20.3 Å². The molecule has 100 valence electrons. The number of hydrogen-bond acceptors (Lipinski definition) is 2. The minimum absolute atomic E-state index is 0.804. The Kier molecular flexibility index (Phi) is 5.30. The Balaban J connectivity index is 1.60. The molecule has 0 aromatic heterocycles. The average molecular weight is 238 g/mol. The molecule has 0 aromatic rings. The minimum atomic E-state index is 0.804. The third kappa shape index (κ3) is 4.59. The van der Waals surface area contributed by atoms with E-state index in [0.717, 1.165) is 17.9 Å². The number of nitrogens with zero attached hydrogens (tertiary/aromatic N) is 1. The largest absolute Gasteiger partial charge is 0.313 e. The lowest BCUT2D eigenvalue weighted by atomic mass is 10.1. The van der Waals surface area contributed by atoms with E-state index in [2.05, 4.69) is 24.1 Å². The maximum atomic E-state index is 3.79. The van der Waals surface area contributed by atoms with Gasteiger partial charge in [-0.25, -0.2) is 0 Å². The van der Waals surface area contributed by atoms with Gasteiger partial charge in [0.1, 0.15) is 0 Å². The third-order valence-corrected chi connectivity index (χ3v) is 4.38. The van der Waals surface area contributed by atoms with Crippen LogP contribution in [0.5, 0.6) is 0 Å². The summed E-state index contributed by atoms with van der Waals surface area (Å²) in [5, 5.41) is 3.79. The van der Waals surface area contributed by atoms with Crippen molar-refractivity contribution in [3.8, 4) is 0 Å². The average Bonchev–Trinajstić information content (AvgIpc) is 3.16. The van der Waals surface area contributed by atoms with Gasteiger partial charge >= 0.3 is 0 Å². The fourth-order valence-corrected chi connectivity index (χ4v) is 3.14. The monoisotopic (exact) mass is 238 g/mol. The molecule has 1 heterocycles. The predicted molar refractivity (Wildman–Crippen MR) is 74.3 cm³/mol. The molecular weight excluding hydrogens is 208 g/mol. The molecule has 2 rings (SSSR count). The molecule has 2 heteroatoms. The summed E-state index contributed by atoms with van der Waals surface area (Å²) in [6, 6.07) is 0.804. The number of nitrogens with one attached hydrogen (secondary N) is 1. The lowest BCUT2D eigenvalue weighted by Crippen LogP contribution is -2.39. The second kappa shape index (κ2) is 6.75. The lowest BCUT2D eigenvalue weighted by Gasteiger charge is -2.30. The lowest BCUT2D eigenvalue weighted by molar-refractivity contribution is 0.196. The van der Waals surface area contributed by atoms with Gasteiger partial charge in [-0.15, -0.1) is 0 Å². The first-order chi connectivity index (χ1) is 8.29. The van der Waals surface area contributed by atoms with E-state index in [1.165, 1.54) is 64.7 Å². The van der Waals surface area contributed by atoms with Crippen LogP contribution in [-0.2, 0) is 0 Å². The van der Waals surface area contributed by atoms with E-state index in [1.807, 2.05) is 0 Å². The Labute approximate surface area is 107 Å². The van der Waals surface area contributed by atoms with Gasteiger partial charge in [0.05, 0.1) is 0 Å². The van der Waals surface area contributed by atoms with Crippen molar-refractivity contribution >= 4 is 0 Å². The smallest absolute Gasteiger partial charge is 0.00928 e. The van der Waals surface area contributed by atoms with Gasteiger partial charge in [0.25, 0.3) is 0 Å². The fraction of sp³-hybridized carbons (Fsp3) is 1.00. The molecule has 1 aliphatic carbocycles. The van der Waals surface area contributed by atoms with Crippen LogP contribution in [0.1, 0.15) is 52.4 Å². The van der Waals surface area contributed by atoms with Crippen LogP contribution < -0.4 is 5.32 Å². The van der Waals surface area contributed by atoms with Crippen LogP contribution in [0.15, 0.2) is 0 Å². The Morgan fingerprint density at radius 3 is 2.47 bits per heavy atom. The molecule has 1 saturated carbocycles. The summed E-state index contributed by atoms with van der Waals surface area (Å²) in [6.07, 6.45) is 8.52. The molecular formula is C15H30N2. The van der Waals surface area contributed by atoms with Crippen molar-refractivity contribution in [3.63, 3.8) is 0 Å². The first-order valence-corrected chi connectivity index (χ1v) is 7.75. The molecule has 2 aliphatic rings. The molecule has 2 fully saturated rings. The maximum absolute atomic E-state index is 3.79. The summed E-state index contributed by atoms with van der Waals surface area (Å²) in [6.45, 7) is 9.92. The van der Waals surface area contributed by atoms with E-state index >= 15 is 0 Å². The first-order valence-electron chi connectivity index (χ1n) is 7.75. The Bertz CT molecular complexity index is 207. The van der Waals surface area contributed by atoms with E-state index < -0.39 is 0 Å². The molecule has 0 aromatic carbocycles. The quantitative estimate of drug-likeness (QED) is 0.733. The van der Waals surface area contributed by atoms with Crippen molar-refractivity contribution in [2.75, 3.05) is 26.2 Å². The van der Waals surface area contributed by atoms with Gasteiger partial charge in [-0.05, 0) is 63.6 Å². The second-order valence-electron chi connectivity index (χ2n) is 6.23. The molecule has 0 spiro atoms. The van der Waals surface area contributed by atoms with Crippen LogP contribution in [0.25, 0.3) is 0 Å². The van der Waals surface area contributed by atoms with Crippen molar-refractivity contribution < 1.29 is 0 Å². The van der Waals surface area contributed by atoms with E-state index in [9.17, 15) is 0 Å². The summed E-state index contributed by atoms with van der Waals surface area (Å²) in [4.78, 5) is 2.66. The number of hydrogen-bond donors (Lipinski definition) is 1. The molecule has 17 heavy (non-hydrogen) atoms. The maximum Gasteiger partial charge on any atom is 0.00928 e. The molecule has 1 aliphatic heterocycles. The van der Waals surface area contributed by atoms with Crippen molar-refractivity contribution in [2.24, 2.45) is 11.8 Å². The van der Waals surface area contributed by atoms with Crippen LogP contribution in [-0.4, -0.2) is 37.1 Å². The highest BCUT2D eigenvalue weighted by molar-refractivity contribution is 4.85. The SMILES string of the molecule is CCC(NCC(C)CN1CCCCC1)C1CC1. The fourth-order valence-electron chi connectivity index (χ4n) is 3.14. The van der Waals surface area contributed by atoms with Crippen LogP contribution in [0.4, 0.5) is 0 Å². The van der Waals surface area contributed by atoms with Crippen LogP contribution >= 0.6 is 0 Å². The van der Waals surface area contributed by atoms with Crippen LogP contribution in [0.2, 0.25) is 0 Å². The number of piperidine rings is 1. The second-order valence-corrected chi connectivity index (χ2v) is 6.23. The summed E-state index contributed by atoms with van der Waals surface area (Å²) in [5.41, 5.74) is 0. The first kappa shape index (κ1) is 13.4. The molecule has 2 atom stereocenters. The summed E-state index contributed by atoms with van der Waals surface area (Å²) in [5.74, 6) is 1.81. The summed E-state index contributed by atoms with van der Waals surface area (Å²) in [7, 11) is 0. The molecule has 2 unspecified atom stereocenters. The van der Waals surface area contributed by atoms with Crippen molar-refractivity contribution in [1.82, 2.24) is 10.2 Å². The van der Waals surface area contributed by atoms with Gasteiger partial charge < -0.3 is 10.2 Å².